The van der Waals surface area contributed by atoms with Gasteiger partial charge in [0.05, 0.1) is 6.61 Å². The van der Waals surface area contributed by atoms with Crippen LogP contribution in [0, 0.1) is 6.92 Å². The van der Waals surface area contributed by atoms with E-state index in [1.807, 2.05) is 39.0 Å². The van der Waals surface area contributed by atoms with E-state index >= 15 is 0 Å². The highest BCUT2D eigenvalue weighted by atomic mass is 16.5. The Balaban J connectivity index is 1.86. The molecule has 6 heteroatoms. The van der Waals surface area contributed by atoms with Gasteiger partial charge in [0.15, 0.2) is 0 Å². The zero-order valence-corrected chi connectivity index (χ0v) is 14.2. The SMILES string of the molecule is CCOC1=CC(c2nc(-c3ccncc3C)no2)=CCC1OCC. The van der Waals surface area contributed by atoms with Crippen LogP contribution in [0.25, 0.3) is 17.0 Å². The highest BCUT2D eigenvalue weighted by molar-refractivity contribution is 5.72. The van der Waals surface area contributed by atoms with Gasteiger partial charge in [-0.3, -0.25) is 4.98 Å². The molecule has 2 aromatic rings. The molecule has 0 amide bonds. The van der Waals surface area contributed by atoms with Crippen molar-refractivity contribution in [3.8, 4) is 11.4 Å². The van der Waals surface area contributed by atoms with Crippen molar-refractivity contribution in [3.63, 3.8) is 0 Å². The van der Waals surface area contributed by atoms with Gasteiger partial charge in [-0.15, -0.1) is 0 Å². The predicted molar refractivity (Wildman–Crippen MR) is 90.0 cm³/mol. The molecule has 0 spiro atoms. The van der Waals surface area contributed by atoms with Crippen molar-refractivity contribution in [1.82, 2.24) is 15.1 Å². The second-order valence-corrected chi connectivity index (χ2v) is 5.43. The van der Waals surface area contributed by atoms with Crippen LogP contribution in [0.2, 0.25) is 0 Å². The maximum atomic E-state index is 5.71. The summed E-state index contributed by atoms with van der Waals surface area (Å²) < 4.78 is 16.9. The fraction of sp³-hybridized carbons (Fsp3) is 0.389. The van der Waals surface area contributed by atoms with Gasteiger partial charge in [-0.2, -0.15) is 4.98 Å². The maximum Gasteiger partial charge on any atom is 0.258 e. The molecule has 0 aromatic carbocycles. The summed E-state index contributed by atoms with van der Waals surface area (Å²) in [5.41, 5.74) is 2.78. The smallest absolute Gasteiger partial charge is 0.258 e. The van der Waals surface area contributed by atoms with Crippen molar-refractivity contribution >= 4 is 5.57 Å². The third-order valence-electron chi connectivity index (χ3n) is 3.78. The van der Waals surface area contributed by atoms with E-state index in [2.05, 4.69) is 15.1 Å². The van der Waals surface area contributed by atoms with Crippen molar-refractivity contribution in [2.45, 2.75) is 33.3 Å². The summed E-state index contributed by atoms with van der Waals surface area (Å²) in [4.78, 5) is 8.60. The topological polar surface area (TPSA) is 70.3 Å². The second-order valence-electron chi connectivity index (χ2n) is 5.43. The third kappa shape index (κ3) is 3.38. The molecule has 2 aromatic heterocycles. The summed E-state index contributed by atoms with van der Waals surface area (Å²) in [7, 11) is 0. The second kappa shape index (κ2) is 7.40. The Morgan fingerprint density at radius 2 is 2.17 bits per heavy atom. The number of rotatable bonds is 6. The van der Waals surface area contributed by atoms with E-state index in [0.29, 0.717) is 24.9 Å². The minimum Gasteiger partial charge on any atom is -0.495 e. The summed E-state index contributed by atoms with van der Waals surface area (Å²) in [6.07, 6.45) is 8.14. The first-order valence-corrected chi connectivity index (χ1v) is 8.14. The van der Waals surface area contributed by atoms with Gasteiger partial charge in [0.1, 0.15) is 11.9 Å². The van der Waals surface area contributed by atoms with Crippen molar-refractivity contribution in [3.05, 3.63) is 47.8 Å². The van der Waals surface area contributed by atoms with E-state index in [4.69, 9.17) is 14.0 Å². The molecule has 0 saturated carbocycles. The molecule has 1 atom stereocenters. The van der Waals surface area contributed by atoms with Crippen molar-refractivity contribution in [1.29, 1.82) is 0 Å². The van der Waals surface area contributed by atoms with Gasteiger partial charge in [0.25, 0.3) is 5.89 Å². The number of hydrogen-bond donors (Lipinski definition) is 0. The zero-order chi connectivity index (χ0) is 16.9. The molecule has 0 radical (unpaired) electrons. The van der Waals surface area contributed by atoms with Crippen LogP contribution in [-0.4, -0.2) is 34.4 Å². The Hall–Kier alpha value is -2.47. The van der Waals surface area contributed by atoms with Gasteiger partial charge in [-0.25, -0.2) is 0 Å². The quantitative estimate of drug-likeness (QED) is 0.808. The highest BCUT2D eigenvalue weighted by Crippen LogP contribution is 2.29. The van der Waals surface area contributed by atoms with E-state index in [9.17, 15) is 0 Å². The first-order chi connectivity index (χ1) is 11.7. The summed E-state index contributed by atoms with van der Waals surface area (Å²) in [5, 5.41) is 4.09. The molecule has 1 aliphatic carbocycles. The molecular weight excluding hydrogens is 306 g/mol. The van der Waals surface area contributed by atoms with Crippen molar-refractivity contribution in [2.24, 2.45) is 0 Å². The summed E-state index contributed by atoms with van der Waals surface area (Å²) in [5.74, 6) is 1.84. The summed E-state index contributed by atoms with van der Waals surface area (Å²) >= 11 is 0. The lowest BCUT2D eigenvalue weighted by Crippen LogP contribution is -2.20. The van der Waals surface area contributed by atoms with Crippen LogP contribution in [0.15, 0.2) is 40.9 Å². The van der Waals surface area contributed by atoms with Crippen molar-refractivity contribution < 1.29 is 14.0 Å². The molecule has 0 fully saturated rings. The third-order valence-corrected chi connectivity index (χ3v) is 3.78. The van der Waals surface area contributed by atoms with Crippen LogP contribution in [0.5, 0.6) is 0 Å². The monoisotopic (exact) mass is 327 g/mol. The molecule has 126 valence electrons. The molecule has 3 rings (SSSR count). The fourth-order valence-electron chi connectivity index (χ4n) is 2.63. The number of nitrogens with zero attached hydrogens (tertiary/aromatic N) is 3. The molecule has 0 aliphatic heterocycles. The Morgan fingerprint density at radius 1 is 1.29 bits per heavy atom. The Bertz CT molecular complexity index is 764. The van der Waals surface area contributed by atoms with Gasteiger partial charge in [0, 0.05) is 30.1 Å². The molecule has 2 heterocycles. The van der Waals surface area contributed by atoms with Crippen LogP contribution in [0.1, 0.15) is 31.7 Å². The van der Waals surface area contributed by atoms with Crippen molar-refractivity contribution in [2.75, 3.05) is 13.2 Å². The molecule has 0 saturated heterocycles. The normalized spacial score (nSPS) is 17.4. The Morgan fingerprint density at radius 3 is 2.92 bits per heavy atom. The van der Waals surface area contributed by atoms with Gasteiger partial charge in [-0.1, -0.05) is 11.2 Å². The standard InChI is InChI=1S/C18H21N3O3/c1-4-22-15-7-6-13(10-16(15)23-5-2)18-20-17(21-24-18)14-8-9-19-11-12(14)3/h6,8-11,15H,4-5,7H2,1-3H3. The van der Waals surface area contributed by atoms with E-state index < -0.39 is 0 Å². The minimum absolute atomic E-state index is 0.0523. The lowest BCUT2D eigenvalue weighted by atomic mass is 10.0. The van der Waals surface area contributed by atoms with Crippen LogP contribution >= 0.6 is 0 Å². The predicted octanol–water partition coefficient (Wildman–Crippen LogP) is 3.55. The highest BCUT2D eigenvalue weighted by Gasteiger charge is 2.23. The largest absolute Gasteiger partial charge is 0.495 e. The van der Waals surface area contributed by atoms with Crippen LogP contribution in [-0.2, 0) is 9.47 Å². The zero-order valence-electron chi connectivity index (χ0n) is 14.2. The number of ether oxygens (including phenoxy) is 2. The van der Waals surface area contributed by atoms with E-state index in [-0.39, 0.29) is 6.10 Å². The number of allylic oxidation sites excluding steroid dienone is 2. The Kier molecular flexibility index (Phi) is 5.05. The fourth-order valence-corrected chi connectivity index (χ4v) is 2.63. The van der Waals surface area contributed by atoms with E-state index in [1.54, 1.807) is 12.4 Å². The molecule has 24 heavy (non-hydrogen) atoms. The average Bonchev–Trinajstić information content (AvgIpc) is 3.07. The number of pyridine rings is 1. The van der Waals surface area contributed by atoms with Gasteiger partial charge < -0.3 is 14.0 Å². The number of aromatic nitrogens is 3. The summed E-state index contributed by atoms with van der Waals surface area (Å²) in [6, 6.07) is 1.88. The lowest BCUT2D eigenvalue weighted by Gasteiger charge is -2.22. The van der Waals surface area contributed by atoms with Crippen LogP contribution in [0.4, 0.5) is 0 Å². The van der Waals surface area contributed by atoms with E-state index in [0.717, 1.165) is 28.9 Å². The first-order valence-electron chi connectivity index (χ1n) is 8.14. The molecule has 6 nitrogen and oxygen atoms in total. The van der Waals surface area contributed by atoms with E-state index in [1.165, 1.54) is 0 Å². The minimum atomic E-state index is -0.0523. The lowest BCUT2D eigenvalue weighted by molar-refractivity contribution is 0.0394. The molecule has 0 N–H and O–H groups in total. The molecule has 1 unspecified atom stereocenters. The number of hydrogen-bond acceptors (Lipinski definition) is 6. The van der Waals surface area contributed by atoms with Gasteiger partial charge in [-0.05, 0) is 44.9 Å². The maximum absolute atomic E-state index is 5.71. The molecule has 0 bridgehead atoms. The molecular formula is C18H21N3O3. The molecule has 1 aliphatic rings. The number of aryl methyl sites for hydroxylation is 1. The first kappa shape index (κ1) is 16.4. The van der Waals surface area contributed by atoms with Crippen LogP contribution < -0.4 is 0 Å². The van der Waals surface area contributed by atoms with Crippen LogP contribution in [0.3, 0.4) is 0 Å². The van der Waals surface area contributed by atoms with Gasteiger partial charge >= 0.3 is 0 Å². The summed E-state index contributed by atoms with van der Waals surface area (Å²) in [6.45, 7) is 7.14. The Labute approximate surface area is 141 Å². The van der Waals surface area contributed by atoms with Gasteiger partial charge in [0.2, 0.25) is 5.82 Å². The average molecular weight is 327 g/mol.